The fraction of sp³-hybridized carbons (Fsp3) is 0.300. The number of ether oxygens (including phenoxy) is 1. The van der Waals surface area contributed by atoms with E-state index in [1.807, 2.05) is 0 Å². The molecule has 0 fully saturated rings. The maximum atomic E-state index is 12.7. The maximum Gasteiger partial charge on any atom is 0.441 e. The zero-order valence-corrected chi connectivity index (χ0v) is 9.78. The van der Waals surface area contributed by atoms with E-state index in [1.165, 1.54) is 0 Å². The molecule has 18 heavy (non-hydrogen) atoms. The van der Waals surface area contributed by atoms with Crippen LogP contribution in [0, 0.1) is 5.82 Å². The summed E-state index contributed by atoms with van der Waals surface area (Å²) in [6, 6.07) is 3.06. The van der Waals surface area contributed by atoms with Crippen molar-refractivity contribution < 1.29 is 27.1 Å². The third kappa shape index (κ3) is 4.82. The minimum atomic E-state index is -4.36. The van der Waals surface area contributed by atoms with E-state index in [-0.39, 0.29) is 23.0 Å². The lowest BCUT2D eigenvalue weighted by molar-refractivity contribution is -0.0331. The lowest BCUT2D eigenvalue weighted by Crippen LogP contribution is -2.12. The quantitative estimate of drug-likeness (QED) is 0.399. The predicted molar refractivity (Wildman–Crippen MR) is 59.6 cm³/mol. The molecule has 0 aliphatic heterocycles. The van der Waals surface area contributed by atoms with Crippen LogP contribution in [-0.2, 0) is 4.74 Å². The second-order valence-electron chi connectivity index (χ2n) is 3.16. The van der Waals surface area contributed by atoms with Crippen LogP contribution in [0.5, 0.6) is 0 Å². The minimum absolute atomic E-state index is 0.0755. The maximum absolute atomic E-state index is 12.7. The van der Waals surface area contributed by atoms with Crippen molar-refractivity contribution in [2.24, 2.45) is 0 Å². The topological polar surface area (TPSA) is 52.3 Å². The van der Waals surface area contributed by atoms with Crippen LogP contribution >= 0.6 is 11.8 Å². The molecule has 0 aromatic heterocycles. The van der Waals surface area contributed by atoms with Crippen molar-refractivity contribution in [2.75, 3.05) is 18.1 Å². The number of hydrogen-bond donors (Lipinski definition) is 1. The molecule has 0 bridgehead atoms. The van der Waals surface area contributed by atoms with Gasteiger partial charge in [0.25, 0.3) is 0 Å². The van der Waals surface area contributed by atoms with E-state index in [0.29, 0.717) is 0 Å². The summed E-state index contributed by atoms with van der Waals surface area (Å²) < 4.78 is 52.6. The molecule has 0 heterocycles. The molecule has 0 saturated carbocycles. The fourth-order valence-corrected chi connectivity index (χ4v) is 1.49. The Balaban J connectivity index is 2.46. The molecule has 0 unspecified atom stereocenters. The first kappa shape index (κ1) is 14.6. The van der Waals surface area contributed by atoms with Gasteiger partial charge in [-0.15, -0.1) is 0 Å². The van der Waals surface area contributed by atoms with Gasteiger partial charge in [0.05, 0.1) is 5.56 Å². The highest BCUT2D eigenvalue weighted by atomic mass is 32.2. The SMILES string of the molecule is Nc1cc(F)ccc1C(=O)OCCSC(F)(F)F. The third-order valence-electron chi connectivity index (χ3n) is 1.82. The van der Waals surface area contributed by atoms with Crippen LogP contribution < -0.4 is 5.73 Å². The highest BCUT2D eigenvalue weighted by Crippen LogP contribution is 2.29. The molecule has 2 N–H and O–H groups in total. The van der Waals surface area contributed by atoms with Crippen molar-refractivity contribution in [3.63, 3.8) is 0 Å². The summed E-state index contributed by atoms with van der Waals surface area (Å²) in [5.74, 6) is -1.90. The summed E-state index contributed by atoms with van der Waals surface area (Å²) >= 11 is -0.291. The van der Waals surface area contributed by atoms with Gasteiger partial charge in [-0.25, -0.2) is 9.18 Å². The van der Waals surface area contributed by atoms with E-state index >= 15 is 0 Å². The minimum Gasteiger partial charge on any atom is -0.461 e. The second kappa shape index (κ2) is 5.94. The largest absolute Gasteiger partial charge is 0.461 e. The zero-order chi connectivity index (χ0) is 13.8. The van der Waals surface area contributed by atoms with Gasteiger partial charge in [0.1, 0.15) is 12.4 Å². The fourth-order valence-electron chi connectivity index (χ4n) is 1.09. The first-order chi connectivity index (χ1) is 8.29. The van der Waals surface area contributed by atoms with Crippen LogP contribution in [0.4, 0.5) is 23.2 Å². The molecule has 3 nitrogen and oxygen atoms in total. The first-order valence-corrected chi connectivity index (χ1v) is 5.71. The highest BCUT2D eigenvalue weighted by Gasteiger charge is 2.27. The van der Waals surface area contributed by atoms with Gasteiger partial charge >= 0.3 is 11.5 Å². The number of rotatable bonds is 4. The monoisotopic (exact) mass is 283 g/mol. The Morgan fingerprint density at radius 1 is 1.39 bits per heavy atom. The summed E-state index contributed by atoms with van der Waals surface area (Å²) in [5, 5.41) is 0. The van der Waals surface area contributed by atoms with Gasteiger partial charge in [0, 0.05) is 11.4 Å². The number of alkyl halides is 3. The van der Waals surface area contributed by atoms with E-state index < -0.39 is 29.7 Å². The Hall–Kier alpha value is -1.44. The molecule has 1 aromatic carbocycles. The van der Waals surface area contributed by atoms with Crippen LogP contribution in [0.2, 0.25) is 0 Å². The molecular formula is C10H9F4NO2S. The standard InChI is InChI=1S/C10H9F4NO2S/c11-6-1-2-7(8(15)5-6)9(16)17-3-4-18-10(12,13)14/h1-2,5H,3-4,15H2. The molecule has 0 saturated heterocycles. The second-order valence-corrected chi connectivity index (χ2v) is 4.32. The summed E-state index contributed by atoms with van der Waals surface area (Å²) in [5.41, 5.74) is 0.813. The van der Waals surface area contributed by atoms with Crippen molar-refractivity contribution in [3.05, 3.63) is 29.6 Å². The Kier molecular flexibility index (Phi) is 4.83. The van der Waals surface area contributed by atoms with Crippen molar-refractivity contribution in [3.8, 4) is 0 Å². The highest BCUT2D eigenvalue weighted by molar-refractivity contribution is 8.00. The Bertz CT molecular complexity index is 436. The zero-order valence-electron chi connectivity index (χ0n) is 8.96. The number of nitrogens with two attached hydrogens (primary N) is 1. The first-order valence-electron chi connectivity index (χ1n) is 4.72. The Morgan fingerprint density at radius 3 is 2.61 bits per heavy atom. The van der Waals surface area contributed by atoms with E-state index in [1.54, 1.807) is 0 Å². The number of benzene rings is 1. The van der Waals surface area contributed by atoms with Crippen molar-refractivity contribution >= 4 is 23.4 Å². The number of esters is 1. The van der Waals surface area contributed by atoms with Gasteiger partial charge in [-0.2, -0.15) is 13.2 Å². The molecular weight excluding hydrogens is 274 g/mol. The van der Waals surface area contributed by atoms with E-state index in [2.05, 4.69) is 4.74 Å². The molecule has 0 radical (unpaired) electrons. The molecule has 0 atom stereocenters. The van der Waals surface area contributed by atoms with Crippen LogP contribution in [0.15, 0.2) is 18.2 Å². The number of hydrogen-bond acceptors (Lipinski definition) is 4. The summed E-state index contributed by atoms with van der Waals surface area (Å²) in [6.45, 7) is -0.403. The van der Waals surface area contributed by atoms with E-state index in [0.717, 1.165) is 18.2 Å². The van der Waals surface area contributed by atoms with Crippen LogP contribution in [0.1, 0.15) is 10.4 Å². The summed E-state index contributed by atoms with van der Waals surface area (Å²) in [7, 11) is 0. The Morgan fingerprint density at radius 2 is 2.06 bits per heavy atom. The lowest BCUT2D eigenvalue weighted by atomic mass is 10.2. The normalized spacial score (nSPS) is 11.3. The summed E-state index contributed by atoms with van der Waals surface area (Å²) in [6.07, 6.45) is 0. The molecule has 1 rings (SSSR count). The molecule has 1 aromatic rings. The van der Waals surface area contributed by atoms with Gasteiger partial charge in [-0.3, -0.25) is 0 Å². The molecule has 0 aliphatic rings. The van der Waals surface area contributed by atoms with Gasteiger partial charge in [-0.1, -0.05) is 0 Å². The number of carbonyl (C=O) groups excluding carboxylic acids is 1. The van der Waals surface area contributed by atoms with Crippen molar-refractivity contribution in [1.82, 2.24) is 0 Å². The molecule has 8 heteroatoms. The molecule has 100 valence electrons. The van der Waals surface area contributed by atoms with E-state index in [4.69, 9.17) is 5.73 Å². The van der Waals surface area contributed by atoms with E-state index in [9.17, 15) is 22.4 Å². The van der Waals surface area contributed by atoms with Gasteiger partial charge < -0.3 is 10.5 Å². The molecule has 0 spiro atoms. The third-order valence-corrected chi connectivity index (χ3v) is 2.51. The molecule has 0 aliphatic carbocycles. The smallest absolute Gasteiger partial charge is 0.441 e. The average molecular weight is 283 g/mol. The average Bonchev–Trinajstić information content (AvgIpc) is 2.22. The number of carbonyl (C=O) groups is 1. The summed E-state index contributed by atoms with van der Waals surface area (Å²) in [4.78, 5) is 11.4. The van der Waals surface area contributed by atoms with Gasteiger partial charge in [0.15, 0.2) is 0 Å². The van der Waals surface area contributed by atoms with Crippen molar-refractivity contribution in [1.29, 1.82) is 0 Å². The van der Waals surface area contributed by atoms with Gasteiger partial charge in [0.2, 0.25) is 0 Å². The predicted octanol–water partition coefficient (Wildman–Crippen LogP) is 2.82. The molecule has 0 amide bonds. The lowest BCUT2D eigenvalue weighted by Gasteiger charge is -2.08. The van der Waals surface area contributed by atoms with Crippen LogP contribution in [-0.4, -0.2) is 23.8 Å². The van der Waals surface area contributed by atoms with Gasteiger partial charge in [-0.05, 0) is 30.0 Å². The number of nitrogen functional groups attached to an aromatic ring is 1. The number of halogens is 4. The van der Waals surface area contributed by atoms with Crippen LogP contribution in [0.25, 0.3) is 0 Å². The number of anilines is 1. The van der Waals surface area contributed by atoms with Crippen molar-refractivity contribution in [2.45, 2.75) is 5.51 Å². The number of thioether (sulfide) groups is 1. The van der Waals surface area contributed by atoms with Crippen LogP contribution in [0.3, 0.4) is 0 Å². The Labute approximate surface area is 104 Å².